The Hall–Kier alpha value is -0.860. The van der Waals surface area contributed by atoms with Crippen molar-refractivity contribution in [2.75, 3.05) is 13.1 Å². The fraction of sp³-hybridized carbons (Fsp3) is 0.400. The molecule has 1 saturated heterocycles. The molecule has 1 aromatic rings. The van der Waals surface area contributed by atoms with E-state index in [1.807, 2.05) is 5.01 Å². The highest BCUT2D eigenvalue weighted by atomic mass is 15.4. The van der Waals surface area contributed by atoms with Crippen LogP contribution in [0.2, 0.25) is 0 Å². The molecule has 0 aromatic heterocycles. The van der Waals surface area contributed by atoms with Gasteiger partial charge in [-0.25, -0.2) is 5.01 Å². The van der Waals surface area contributed by atoms with Crippen molar-refractivity contribution in [3.05, 3.63) is 35.9 Å². The predicted molar refractivity (Wildman–Crippen MR) is 49.6 cm³/mol. The highest BCUT2D eigenvalue weighted by Gasteiger charge is 2.20. The minimum absolute atomic E-state index is 0.649. The van der Waals surface area contributed by atoms with Crippen molar-refractivity contribution >= 4 is 0 Å². The molecule has 64 valence electrons. The first-order valence-corrected chi connectivity index (χ1v) is 4.41. The first-order valence-electron chi connectivity index (χ1n) is 4.41. The van der Waals surface area contributed by atoms with Crippen molar-refractivity contribution in [2.45, 2.75) is 12.3 Å². The fourth-order valence-electron chi connectivity index (χ4n) is 1.78. The van der Waals surface area contributed by atoms with E-state index in [-0.39, 0.29) is 0 Å². The summed E-state index contributed by atoms with van der Waals surface area (Å²) in [6.07, 6.45) is 1.19. The molecule has 0 radical (unpaired) electrons. The van der Waals surface area contributed by atoms with Crippen LogP contribution in [-0.4, -0.2) is 18.1 Å². The Morgan fingerprint density at radius 3 is 2.58 bits per heavy atom. The third-order valence-corrected chi connectivity index (χ3v) is 2.49. The average Bonchev–Trinajstić information content (AvgIpc) is 2.54. The van der Waals surface area contributed by atoms with E-state index in [4.69, 9.17) is 5.84 Å². The highest BCUT2D eigenvalue weighted by Crippen LogP contribution is 2.24. The van der Waals surface area contributed by atoms with Gasteiger partial charge in [0, 0.05) is 13.1 Å². The molecule has 0 amide bonds. The van der Waals surface area contributed by atoms with Crippen LogP contribution < -0.4 is 5.84 Å². The third kappa shape index (κ3) is 1.49. The molecule has 0 bridgehead atoms. The molecule has 0 spiro atoms. The van der Waals surface area contributed by atoms with Gasteiger partial charge in [-0.15, -0.1) is 0 Å². The van der Waals surface area contributed by atoms with Gasteiger partial charge < -0.3 is 0 Å². The van der Waals surface area contributed by atoms with Gasteiger partial charge in [-0.05, 0) is 17.9 Å². The monoisotopic (exact) mass is 162 g/mol. The molecule has 2 heteroatoms. The highest BCUT2D eigenvalue weighted by molar-refractivity contribution is 5.20. The Kier molecular flexibility index (Phi) is 2.11. The number of hydrazine groups is 1. The van der Waals surface area contributed by atoms with Gasteiger partial charge in [0.05, 0.1) is 0 Å². The molecule has 0 unspecified atom stereocenters. The van der Waals surface area contributed by atoms with E-state index >= 15 is 0 Å². The van der Waals surface area contributed by atoms with Crippen LogP contribution in [0.15, 0.2) is 30.3 Å². The van der Waals surface area contributed by atoms with Gasteiger partial charge >= 0.3 is 0 Å². The Balaban J connectivity index is 2.11. The fourth-order valence-corrected chi connectivity index (χ4v) is 1.78. The first kappa shape index (κ1) is 7.77. The second-order valence-electron chi connectivity index (χ2n) is 3.39. The lowest BCUT2D eigenvalue weighted by Crippen LogP contribution is -2.27. The van der Waals surface area contributed by atoms with E-state index in [2.05, 4.69) is 30.3 Å². The second kappa shape index (κ2) is 3.25. The van der Waals surface area contributed by atoms with Crippen LogP contribution in [0.1, 0.15) is 17.9 Å². The summed E-state index contributed by atoms with van der Waals surface area (Å²) in [5, 5.41) is 1.90. The molecule has 1 fully saturated rings. The lowest BCUT2D eigenvalue weighted by Gasteiger charge is -2.09. The lowest BCUT2D eigenvalue weighted by atomic mass is 9.99. The van der Waals surface area contributed by atoms with Crippen molar-refractivity contribution < 1.29 is 0 Å². The van der Waals surface area contributed by atoms with E-state index in [0.29, 0.717) is 5.92 Å². The summed E-state index contributed by atoms with van der Waals surface area (Å²) in [6.45, 7) is 2.03. The molecular weight excluding hydrogens is 148 g/mol. The molecule has 0 aliphatic carbocycles. The van der Waals surface area contributed by atoms with Gasteiger partial charge in [0.15, 0.2) is 0 Å². The molecule has 2 nitrogen and oxygen atoms in total. The first-order chi connectivity index (χ1) is 5.86. The molecule has 1 aliphatic heterocycles. The number of nitrogens with two attached hydrogens (primary N) is 1. The normalized spacial score (nSPS) is 24.6. The van der Waals surface area contributed by atoms with Crippen molar-refractivity contribution in [2.24, 2.45) is 5.84 Å². The third-order valence-electron chi connectivity index (χ3n) is 2.49. The number of benzene rings is 1. The molecule has 1 aromatic carbocycles. The molecule has 1 heterocycles. The Morgan fingerprint density at radius 1 is 1.25 bits per heavy atom. The van der Waals surface area contributed by atoms with Crippen LogP contribution in [0.4, 0.5) is 0 Å². The van der Waals surface area contributed by atoms with Gasteiger partial charge in [0.25, 0.3) is 0 Å². The Bertz CT molecular complexity index is 245. The zero-order valence-corrected chi connectivity index (χ0v) is 7.11. The maximum Gasteiger partial charge on any atom is 0.0197 e. The minimum Gasteiger partial charge on any atom is -0.269 e. The van der Waals surface area contributed by atoms with E-state index < -0.39 is 0 Å². The smallest absolute Gasteiger partial charge is 0.0197 e. The second-order valence-corrected chi connectivity index (χ2v) is 3.39. The number of hydrogen-bond acceptors (Lipinski definition) is 2. The molecule has 2 N–H and O–H groups in total. The zero-order chi connectivity index (χ0) is 8.39. The average molecular weight is 162 g/mol. The number of hydrogen-bond donors (Lipinski definition) is 1. The summed E-state index contributed by atoms with van der Waals surface area (Å²) < 4.78 is 0. The van der Waals surface area contributed by atoms with Crippen molar-refractivity contribution in [3.63, 3.8) is 0 Å². The van der Waals surface area contributed by atoms with Crippen LogP contribution in [0.3, 0.4) is 0 Å². The van der Waals surface area contributed by atoms with E-state index in [1.54, 1.807) is 0 Å². The summed E-state index contributed by atoms with van der Waals surface area (Å²) in [5.74, 6) is 6.35. The maximum atomic E-state index is 5.70. The van der Waals surface area contributed by atoms with Gasteiger partial charge in [-0.1, -0.05) is 30.3 Å². The SMILES string of the molecule is NN1CC[C@@H](c2ccccc2)C1. The number of rotatable bonds is 1. The van der Waals surface area contributed by atoms with Crippen LogP contribution in [0, 0.1) is 0 Å². The van der Waals surface area contributed by atoms with Crippen LogP contribution >= 0.6 is 0 Å². The van der Waals surface area contributed by atoms with Gasteiger partial charge in [-0.2, -0.15) is 0 Å². The van der Waals surface area contributed by atoms with Gasteiger partial charge in [-0.3, -0.25) is 5.84 Å². The van der Waals surface area contributed by atoms with Gasteiger partial charge in [0.2, 0.25) is 0 Å². The topological polar surface area (TPSA) is 29.3 Å². The van der Waals surface area contributed by atoms with Crippen molar-refractivity contribution in [1.29, 1.82) is 0 Å². The quantitative estimate of drug-likeness (QED) is 0.631. The van der Waals surface area contributed by atoms with Crippen LogP contribution in [0.25, 0.3) is 0 Å². The molecule has 1 atom stereocenters. The molecule has 0 saturated carbocycles. The summed E-state index contributed by atoms with van der Waals surface area (Å²) in [4.78, 5) is 0. The predicted octanol–water partition coefficient (Wildman–Crippen LogP) is 1.35. The van der Waals surface area contributed by atoms with E-state index in [9.17, 15) is 0 Å². The molecule has 2 rings (SSSR count). The summed E-state index contributed by atoms with van der Waals surface area (Å²) in [5.41, 5.74) is 1.42. The maximum absolute atomic E-state index is 5.70. The zero-order valence-electron chi connectivity index (χ0n) is 7.11. The van der Waals surface area contributed by atoms with Crippen molar-refractivity contribution in [3.8, 4) is 0 Å². The van der Waals surface area contributed by atoms with Crippen LogP contribution in [0.5, 0.6) is 0 Å². The summed E-state index contributed by atoms with van der Waals surface area (Å²) >= 11 is 0. The summed E-state index contributed by atoms with van der Waals surface area (Å²) in [7, 11) is 0. The molecule has 12 heavy (non-hydrogen) atoms. The largest absolute Gasteiger partial charge is 0.269 e. The number of nitrogens with zero attached hydrogens (tertiary/aromatic N) is 1. The molecule has 1 aliphatic rings. The Morgan fingerprint density at radius 2 is 2.00 bits per heavy atom. The van der Waals surface area contributed by atoms with E-state index in [1.165, 1.54) is 12.0 Å². The lowest BCUT2D eigenvalue weighted by molar-refractivity contribution is 0.350. The van der Waals surface area contributed by atoms with Crippen LogP contribution in [-0.2, 0) is 0 Å². The molecular formula is C10H14N2. The van der Waals surface area contributed by atoms with E-state index in [0.717, 1.165) is 13.1 Å². The Labute approximate surface area is 73.0 Å². The summed E-state index contributed by atoms with van der Waals surface area (Å²) in [6, 6.07) is 10.6. The minimum atomic E-state index is 0.649. The standard InChI is InChI=1S/C10H14N2/c11-12-7-6-10(8-12)9-4-2-1-3-5-9/h1-5,10H,6-8,11H2/t10-/m1/s1. The van der Waals surface area contributed by atoms with Crippen molar-refractivity contribution in [1.82, 2.24) is 5.01 Å². The van der Waals surface area contributed by atoms with Gasteiger partial charge in [0.1, 0.15) is 0 Å².